The average molecular weight is 312 g/mol. The fraction of sp³-hybridized carbons (Fsp3) is 0.500. The highest BCUT2D eigenvalue weighted by Crippen LogP contribution is 2.24. The second-order valence-electron chi connectivity index (χ2n) is 4.70. The van der Waals surface area contributed by atoms with Crippen LogP contribution in [0.1, 0.15) is 46.8 Å². The molecule has 0 fully saturated rings. The maximum absolute atomic E-state index is 12.1. The summed E-state index contributed by atoms with van der Waals surface area (Å²) in [4.78, 5) is 35.6. The number of nitrogens with two attached hydrogens (primary N) is 1. The van der Waals surface area contributed by atoms with Crippen LogP contribution in [-0.4, -0.2) is 28.9 Å². The van der Waals surface area contributed by atoms with Crippen LogP contribution < -0.4 is 11.1 Å². The molecule has 1 heterocycles. The van der Waals surface area contributed by atoms with Gasteiger partial charge in [0, 0.05) is 4.88 Å². The van der Waals surface area contributed by atoms with Gasteiger partial charge in [-0.25, -0.2) is 4.79 Å². The highest BCUT2D eigenvalue weighted by molar-refractivity contribution is 7.14. The number of carbonyl (C=O) groups excluding carboxylic acids is 2. The number of nitrogens with one attached hydrogen (secondary N) is 1. The molecule has 0 bridgehead atoms. The minimum Gasteiger partial charge on any atom is -0.480 e. The van der Waals surface area contributed by atoms with Gasteiger partial charge in [0.25, 0.3) is 5.91 Å². The molecule has 0 aromatic carbocycles. The number of primary amides is 1. The minimum absolute atomic E-state index is 0.422. The zero-order valence-electron chi connectivity index (χ0n) is 12.1. The minimum atomic E-state index is -1.29. The van der Waals surface area contributed by atoms with Crippen LogP contribution in [0, 0.1) is 0 Å². The number of rotatable bonds is 8. The largest absolute Gasteiger partial charge is 0.480 e. The van der Waals surface area contributed by atoms with Crippen molar-refractivity contribution in [3.8, 4) is 0 Å². The van der Waals surface area contributed by atoms with E-state index in [9.17, 15) is 14.4 Å². The Labute approximate surface area is 127 Å². The lowest BCUT2D eigenvalue weighted by molar-refractivity contribution is -0.140. The summed E-state index contributed by atoms with van der Waals surface area (Å²) in [6.45, 7) is 4.07. The zero-order chi connectivity index (χ0) is 16.0. The maximum atomic E-state index is 12.1. The molecule has 0 saturated carbocycles. The lowest BCUT2D eigenvalue weighted by Gasteiger charge is -2.11. The second-order valence-corrected chi connectivity index (χ2v) is 5.83. The summed E-state index contributed by atoms with van der Waals surface area (Å²) in [6, 6.07) is 0.491. The normalized spacial score (nSPS) is 11.9. The Morgan fingerprint density at radius 3 is 2.52 bits per heavy atom. The zero-order valence-corrected chi connectivity index (χ0v) is 13.0. The van der Waals surface area contributed by atoms with E-state index in [1.165, 1.54) is 11.3 Å². The van der Waals surface area contributed by atoms with E-state index in [4.69, 9.17) is 10.8 Å². The number of hydrogen-bond donors (Lipinski definition) is 3. The van der Waals surface area contributed by atoms with Gasteiger partial charge in [-0.3, -0.25) is 9.59 Å². The van der Waals surface area contributed by atoms with E-state index in [1.807, 2.05) is 6.92 Å². The van der Waals surface area contributed by atoms with Gasteiger partial charge >= 0.3 is 5.97 Å². The molecule has 0 radical (unpaired) electrons. The molecule has 21 heavy (non-hydrogen) atoms. The number of carbonyl (C=O) groups is 3. The Kier molecular flexibility index (Phi) is 6.36. The molecule has 0 unspecified atom stereocenters. The van der Waals surface area contributed by atoms with Crippen molar-refractivity contribution in [1.29, 1.82) is 0 Å². The molecule has 0 spiro atoms. The first kappa shape index (κ1) is 17.2. The van der Waals surface area contributed by atoms with Gasteiger partial charge < -0.3 is 16.2 Å². The van der Waals surface area contributed by atoms with E-state index in [0.29, 0.717) is 4.88 Å². The molecule has 4 N–H and O–H groups in total. The van der Waals surface area contributed by atoms with Gasteiger partial charge in [0.15, 0.2) is 0 Å². The smallest absolute Gasteiger partial charge is 0.326 e. The van der Waals surface area contributed by atoms with Crippen molar-refractivity contribution in [3.05, 3.63) is 21.4 Å². The van der Waals surface area contributed by atoms with E-state index < -0.39 is 30.2 Å². The number of aliphatic carboxylic acids is 1. The first-order valence-corrected chi connectivity index (χ1v) is 7.64. The Morgan fingerprint density at radius 2 is 2.05 bits per heavy atom. The molecule has 1 aromatic heterocycles. The van der Waals surface area contributed by atoms with Crippen molar-refractivity contribution in [1.82, 2.24) is 5.32 Å². The molecule has 0 aliphatic carbocycles. The Morgan fingerprint density at radius 1 is 1.38 bits per heavy atom. The lowest BCUT2D eigenvalue weighted by Crippen LogP contribution is -2.43. The summed E-state index contributed by atoms with van der Waals surface area (Å²) < 4.78 is 0. The number of hydrogen-bond acceptors (Lipinski definition) is 4. The number of aryl methyl sites for hydroxylation is 2. The molecule has 0 saturated heterocycles. The second kappa shape index (κ2) is 7.78. The van der Waals surface area contributed by atoms with Gasteiger partial charge in [-0.15, -0.1) is 11.3 Å². The fourth-order valence-electron chi connectivity index (χ4n) is 1.95. The molecular formula is C14H20N2O4S. The van der Waals surface area contributed by atoms with Gasteiger partial charge in [-0.1, -0.05) is 20.3 Å². The molecular weight excluding hydrogens is 292 g/mol. The Bertz CT molecular complexity index is 539. The van der Waals surface area contributed by atoms with Crippen LogP contribution in [0.2, 0.25) is 0 Å². The molecule has 7 heteroatoms. The van der Waals surface area contributed by atoms with Crippen LogP contribution >= 0.6 is 11.3 Å². The molecule has 2 amide bonds. The topological polar surface area (TPSA) is 109 Å². The summed E-state index contributed by atoms with van der Waals surface area (Å²) in [7, 11) is 0. The van der Waals surface area contributed by atoms with Crippen molar-refractivity contribution in [2.24, 2.45) is 5.73 Å². The monoisotopic (exact) mass is 312 g/mol. The fourth-order valence-corrected chi connectivity index (χ4v) is 3.21. The third kappa shape index (κ3) is 4.86. The third-order valence-corrected chi connectivity index (χ3v) is 4.22. The number of carboxylic acid groups (broad SMARTS) is 1. The molecule has 1 rings (SSSR count). The summed E-state index contributed by atoms with van der Waals surface area (Å²) >= 11 is 1.37. The predicted octanol–water partition coefficient (Wildman–Crippen LogP) is 1.32. The molecule has 6 nitrogen and oxygen atoms in total. The van der Waals surface area contributed by atoms with Crippen molar-refractivity contribution >= 4 is 29.1 Å². The molecule has 1 atom stereocenters. The van der Waals surface area contributed by atoms with Gasteiger partial charge in [0.2, 0.25) is 5.91 Å². The summed E-state index contributed by atoms with van der Waals surface area (Å²) in [6.07, 6.45) is 2.27. The van der Waals surface area contributed by atoms with Crippen molar-refractivity contribution in [3.63, 3.8) is 0 Å². The van der Waals surface area contributed by atoms with Gasteiger partial charge in [-0.2, -0.15) is 0 Å². The first-order valence-electron chi connectivity index (χ1n) is 6.82. The van der Waals surface area contributed by atoms with Gasteiger partial charge in [0.05, 0.1) is 11.3 Å². The van der Waals surface area contributed by atoms with Crippen LogP contribution in [0.15, 0.2) is 6.07 Å². The number of amides is 2. The Balaban J connectivity index is 2.87. The van der Waals surface area contributed by atoms with Crippen LogP contribution in [0.5, 0.6) is 0 Å². The predicted molar refractivity (Wildman–Crippen MR) is 80.4 cm³/mol. The first-order chi connectivity index (χ1) is 9.88. The highest BCUT2D eigenvalue weighted by Gasteiger charge is 2.24. The molecule has 1 aromatic rings. The van der Waals surface area contributed by atoms with Gasteiger partial charge in [-0.05, 0) is 24.5 Å². The number of thiophene rings is 1. The SMILES string of the molecule is CCCc1sc(C(=O)N[C@H](CC(N)=O)C(=O)O)cc1CC. The van der Waals surface area contributed by atoms with Crippen molar-refractivity contribution < 1.29 is 19.5 Å². The summed E-state index contributed by atoms with van der Waals surface area (Å²) in [5.74, 6) is -2.52. The average Bonchev–Trinajstić information content (AvgIpc) is 2.81. The van der Waals surface area contributed by atoms with Crippen LogP contribution in [0.4, 0.5) is 0 Å². The summed E-state index contributed by atoms with van der Waals surface area (Å²) in [5, 5.41) is 11.3. The van der Waals surface area contributed by atoms with E-state index in [1.54, 1.807) is 6.07 Å². The van der Waals surface area contributed by atoms with E-state index >= 15 is 0 Å². The van der Waals surface area contributed by atoms with Crippen LogP contribution in [0.25, 0.3) is 0 Å². The number of carboxylic acids is 1. The standard InChI is InChI=1S/C14H20N2O4S/c1-3-5-10-8(4-2)6-11(21-10)13(18)16-9(14(19)20)7-12(15)17/h6,9H,3-5,7H2,1-2H3,(H2,15,17)(H,16,18)(H,19,20)/t9-/m1/s1. The molecule has 0 aliphatic heterocycles. The Hall–Kier alpha value is -1.89. The third-order valence-electron chi connectivity index (χ3n) is 2.99. The van der Waals surface area contributed by atoms with E-state index in [-0.39, 0.29) is 0 Å². The quantitative estimate of drug-likeness (QED) is 0.672. The lowest BCUT2D eigenvalue weighted by atomic mass is 10.1. The van der Waals surface area contributed by atoms with Gasteiger partial charge in [0.1, 0.15) is 6.04 Å². The maximum Gasteiger partial charge on any atom is 0.326 e. The van der Waals surface area contributed by atoms with Crippen LogP contribution in [-0.2, 0) is 22.4 Å². The van der Waals surface area contributed by atoms with E-state index in [2.05, 4.69) is 12.2 Å². The molecule has 116 valence electrons. The highest BCUT2D eigenvalue weighted by atomic mass is 32.1. The summed E-state index contributed by atoms with van der Waals surface area (Å²) in [5.41, 5.74) is 6.09. The molecule has 0 aliphatic rings. The van der Waals surface area contributed by atoms with Crippen LogP contribution in [0.3, 0.4) is 0 Å². The van der Waals surface area contributed by atoms with E-state index in [0.717, 1.165) is 29.7 Å². The van der Waals surface area contributed by atoms with Crippen molar-refractivity contribution in [2.45, 2.75) is 45.6 Å². The van der Waals surface area contributed by atoms with Crippen molar-refractivity contribution in [2.75, 3.05) is 0 Å².